The Morgan fingerprint density at radius 3 is 2.45 bits per heavy atom. The van der Waals surface area contributed by atoms with Crippen molar-refractivity contribution < 1.29 is 9.90 Å². The summed E-state index contributed by atoms with van der Waals surface area (Å²) in [7, 11) is 0. The molecule has 20 heavy (non-hydrogen) atoms. The standard InChI is InChI=1S/C16H18N2O2/c17-10-13(19)11-18-15-9-5-4-8-14(15)16(20)12-6-2-1-3-7-12/h1-9,13,18-19H,10-11,17H2. The highest BCUT2D eigenvalue weighted by Crippen LogP contribution is 2.19. The van der Waals surface area contributed by atoms with Crippen molar-refractivity contribution in [1.82, 2.24) is 0 Å². The van der Waals surface area contributed by atoms with Crippen LogP contribution in [0.25, 0.3) is 0 Å². The molecule has 4 nitrogen and oxygen atoms in total. The van der Waals surface area contributed by atoms with Crippen LogP contribution in [0.3, 0.4) is 0 Å². The van der Waals surface area contributed by atoms with Crippen LogP contribution in [0.1, 0.15) is 15.9 Å². The van der Waals surface area contributed by atoms with Crippen LogP contribution in [0, 0.1) is 0 Å². The fourth-order valence-electron chi connectivity index (χ4n) is 1.89. The van der Waals surface area contributed by atoms with Gasteiger partial charge in [0.05, 0.1) is 6.10 Å². The van der Waals surface area contributed by atoms with Gasteiger partial charge in [-0.1, -0.05) is 42.5 Å². The number of carbonyl (C=O) groups is 1. The van der Waals surface area contributed by atoms with Gasteiger partial charge >= 0.3 is 0 Å². The Kier molecular flexibility index (Phi) is 4.87. The zero-order chi connectivity index (χ0) is 14.4. The Hall–Kier alpha value is -2.17. The van der Waals surface area contributed by atoms with E-state index in [9.17, 15) is 9.90 Å². The van der Waals surface area contributed by atoms with Gasteiger partial charge in [0.1, 0.15) is 0 Å². The van der Waals surface area contributed by atoms with E-state index in [0.29, 0.717) is 23.4 Å². The third kappa shape index (κ3) is 3.44. The van der Waals surface area contributed by atoms with Crippen molar-refractivity contribution in [1.29, 1.82) is 0 Å². The maximum atomic E-state index is 12.5. The molecule has 0 aliphatic heterocycles. The summed E-state index contributed by atoms with van der Waals surface area (Å²) < 4.78 is 0. The van der Waals surface area contributed by atoms with E-state index in [1.54, 1.807) is 18.2 Å². The Morgan fingerprint density at radius 2 is 1.75 bits per heavy atom. The molecule has 104 valence electrons. The minimum atomic E-state index is -0.630. The number of rotatable bonds is 6. The highest BCUT2D eigenvalue weighted by atomic mass is 16.3. The van der Waals surface area contributed by atoms with Crippen LogP contribution in [0.15, 0.2) is 54.6 Å². The summed E-state index contributed by atoms with van der Waals surface area (Å²) in [6.45, 7) is 0.497. The van der Waals surface area contributed by atoms with Crippen LogP contribution in [0.4, 0.5) is 5.69 Å². The molecule has 0 radical (unpaired) electrons. The van der Waals surface area contributed by atoms with Gasteiger partial charge in [0.15, 0.2) is 5.78 Å². The molecule has 0 aliphatic carbocycles. The molecule has 0 heterocycles. The van der Waals surface area contributed by atoms with Gasteiger partial charge in [-0.25, -0.2) is 0 Å². The van der Waals surface area contributed by atoms with Crippen molar-refractivity contribution >= 4 is 11.5 Å². The van der Waals surface area contributed by atoms with Crippen molar-refractivity contribution in [2.75, 3.05) is 18.4 Å². The van der Waals surface area contributed by atoms with Gasteiger partial charge in [-0.15, -0.1) is 0 Å². The topological polar surface area (TPSA) is 75.3 Å². The van der Waals surface area contributed by atoms with Crippen molar-refractivity contribution in [3.8, 4) is 0 Å². The van der Waals surface area contributed by atoms with Gasteiger partial charge in [-0.2, -0.15) is 0 Å². The molecule has 2 aromatic rings. The predicted molar refractivity (Wildman–Crippen MR) is 79.9 cm³/mol. The normalized spacial score (nSPS) is 11.9. The third-order valence-corrected chi connectivity index (χ3v) is 3.01. The maximum Gasteiger partial charge on any atom is 0.195 e. The van der Waals surface area contributed by atoms with E-state index in [2.05, 4.69) is 5.32 Å². The van der Waals surface area contributed by atoms with E-state index >= 15 is 0 Å². The first-order chi connectivity index (χ1) is 9.72. The second kappa shape index (κ2) is 6.84. The first kappa shape index (κ1) is 14.2. The summed E-state index contributed by atoms with van der Waals surface area (Å²) in [6, 6.07) is 16.4. The number of nitrogens with one attached hydrogen (secondary N) is 1. The number of anilines is 1. The van der Waals surface area contributed by atoms with Crippen molar-refractivity contribution in [3.63, 3.8) is 0 Å². The molecule has 0 aromatic heterocycles. The zero-order valence-corrected chi connectivity index (χ0v) is 11.1. The lowest BCUT2D eigenvalue weighted by molar-refractivity contribution is 0.103. The molecule has 0 fully saturated rings. The maximum absolute atomic E-state index is 12.5. The number of hydrogen-bond acceptors (Lipinski definition) is 4. The van der Waals surface area contributed by atoms with Crippen LogP contribution >= 0.6 is 0 Å². The molecule has 0 amide bonds. The Morgan fingerprint density at radius 1 is 1.10 bits per heavy atom. The van der Waals surface area contributed by atoms with Crippen LogP contribution in [0.5, 0.6) is 0 Å². The smallest absolute Gasteiger partial charge is 0.195 e. The summed E-state index contributed by atoms with van der Waals surface area (Å²) in [4.78, 5) is 12.5. The molecule has 0 aliphatic rings. The zero-order valence-electron chi connectivity index (χ0n) is 11.1. The predicted octanol–water partition coefficient (Wildman–Crippen LogP) is 1.65. The van der Waals surface area contributed by atoms with Gasteiger partial charge < -0.3 is 16.2 Å². The van der Waals surface area contributed by atoms with Crippen LogP contribution in [0.2, 0.25) is 0 Å². The van der Waals surface area contributed by atoms with Crippen molar-refractivity contribution in [2.45, 2.75) is 6.10 Å². The number of ketones is 1. The summed E-state index contributed by atoms with van der Waals surface area (Å²) in [5.74, 6) is -0.0454. The molecule has 1 atom stereocenters. The molecule has 0 saturated heterocycles. The van der Waals surface area contributed by atoms with Crippen LogP contribution in [-0.4, -0.2) is 30.1 Å². The molecule has 1 unspecified atom stereocenters. The highest BCUT2D eigenvalue weighted by molar-refractivity contribution is 6.12. The lowest BCUT2D eigenvalue weighted by Gasteiger charge is -2.13. The second-order valence-electron chi connectivity index (χ2n) is 4.51. The number of carbonyl (C=O) groups excluding carboxylic acids is 1. The summed E-state index contributed by atoms with van der Waals surface area (Å²) in [6.07, 6.45) is -0.630. The largest absolute Gasteiger partial charge is 0.390 e. The Labute approximate surface area is 118 Å². The molecule has 0 spiro atoms. The molecule has 4 heteroatoms. The minimum Gasteiger partial charge on any atom is -0.390 e. The lowest BCUT2D eigenvalue weighted by Crippen LogP contribution is -2.28. The number of para-hydroxylation sites is 1. The lowest BCUT2D eigenvalue weighted by atomic mass is 10.0. The molecular formula is C16H18N2O2. The number of aliphatic hydroxyl groups excluding tert-OH is 1. The summed E-state index contributed by atoms with van der Waals surface area (Å²) in [5, 5.41) is 12.6. The fraction of sp³-hybridized carbons (Fsp3) is 0.188. The summed E-state index contributed by atoms with van der Waals surface area (Å²) in [5.41, 5.74) is 7.30. The number of hydrogen-bond donors (Lipinski definition) is 3. The minimum absolute atomic E-state index is 0.0454. The van der Waals surface area contributed by atoms with E-state index in [0.717, 1.165) is 0 Å². The second-order valence-corrected chi connectivity index (χ2v) is 4.51. The van der Waals surface area contributed by atoms with Gasteiger partial charge in [-0.05, 0) is 12.1 Å². The monoisotopic (exact) mass is 270 g/mol. The molecular weight excluding hydrogens is 252 g/mol. The van der Waals surface area contributed by atoms with E-state index in [4.69, 9.17) is 5.73 Å². The van der Waals surface area contributed by atoms with Gasteiger partial charge in [0.25, 0.3) is 0 Å². The third-order valence-electron chi connectivity index (χ3n) is 3.01. The van der Waals surface area contributed by atoms with E-state index in [1.165, 1.54) is 0 Å². The highest BCUT2D eigenvalue weighted by Gasteiger charge is 2.13. The molecule has 2 aromatic carbocycles. The van der Waals surface area contributed by atoms with E-state index < -0.39 is 6.10 Å². The SMILES string of the molecule is NCC(O)CNc1ccccc1C(=O)c1ccccc1. The molecule has 0 saturated carbocycles. The van der Waals surface area contributed by atoms with Gasteiger partial charge in [0, 0.05) is 29.9 Å². The first-order valence-corrected chi connectivity index (χ1v) is 6.53. The van der Waals surface area contributed by atoms with Gasteiger partial charge in [-0.3, -0.25) is 4.79 Å². The van der Waals surface area contributed by atoms with Crippen LogP contribution in [-0.2, 0) is 0 Å². The summed E-state index contributed by atoms with van der Waals surface area (Å²) >= 11 is 0. The quantitative estimate of drug-likeness (QED) is 0.698. The molecule has 0 bridgehead atoms. The van der Waals surface area contributed by atoms with Gasteiger partial charge in [0.2, 0.25) is 0 Å². The Balaban J connectivity index is 2.21. The van der Waals surface area contributed by atoms with E-state index in [-0.39, 0.29) is 12.3 Å². The number of aliphatic hydroxyl groups is 1. The fourth-order valence-corrected chi connectivity index (χ4v) is 1.89. The van der Waals surface area contributed by atoms with E-state index in [1.807, 2.05) is 36.4 Å². The number of nitrogens with two attached hydrogens (primary N) is 1. The van der Waals surface area contributed by atoms with Crippen molar-refractivity contribution in [3.05, 3.63) is 65.7 Å². The molecule has 2 rings (SSSR count). The average molecular weight is 270 g/mol. The van der Waals surface area contributed by atoms with Crippen LogP contribution < -0.4 is 11.1 Å². The first-order valence-electron chi connectivity index (χ1n) is 6.53. The van der Waals surface area contributed by atoms with Crippen molar-refractivity contribution in [2.24, 2.45) is 5.73 Å². The molecule has 4 N–H and O–H groups in total. The number of benzene rings is 2. The Bertz CT molecular complexity index is 570. The average Bonchev–Trinajstić information content (AvgIpc) is 2.53.